The van der Waals surface area contributed by atoms with Gasteiger partial charge in [0.05, 0.1) is 25.9 Å². The second kappa shape index (κ2) is 11.4. The second-order valence-corrected chi connectivity index (χ2v) is 10.2. The van der Waals surface area contributed by atoms with Gasteiger partial charge in [-0.2, -0.15) is 0 Å². The quantitative estimate of drug-likeness (QED) is 0.337. The zero-order chi connectivity index (χ0) is 26.7. The SMILES string of the molecule is C=C(C=C(C)C1C(C)C(O)C(C)(O)C1C(C)=CC)CC(C)=CCc1[nH]c(OC)c(OC)c(=O)c1C. The summed E-state index contributed by atoms with van der Waals surface area (Å²) in [6.45, 7) is 17.9. The summed E-state index contributed by atoms with van der Waals surface area (Å²) < 4.78 is 10.5. The van der Waals surface area contributed by atoms with E-state index in [0.717, 1.165) is 28.0 Å². The Hall–Kier alpha value is -2.57. The fraction of sp³-hybridized carbons (Fsp3) is 0.552. The number of hydrogen-bond acceptors (Lipinski definition) is 5. The lowest BCUT2D eigenvalue weighted by Gasteiger charge is -2.32. The summed E-state index contributed by atoms with van der Waals surface area (Å²) >= 11 is 0. The van der Waals surface area contributed by atoms with Crippen LogP contribution >= 0.6 is 0 Å². The third kappa shape index (κ3) is 5.81. The van der Waals surface area contributed by atoms with Gasteiger partial charge in [-0.3, -0.25) is 4.79 Å². The number of pyridine rings is 1. The molecule has 6 nitrogen and oxygen atoms in total. The van der Waals surface area contributed by atoms with Crippen LogP contribution in [0.2, 0.25) is 0 Å². The molecule has 0 aliphatic heterocycles. The maximum atomic E-state index is 12.6. The summed E-state index contributed by atoms with van der Waals surface area (Å²) in [6, 6.07) is 0. The largest absolute Gasteiger partial charge is 0.488 e. The molecule has 1 aromatic heterocycles. The molecule has 0 spiro atoms. The van der Waals surface area contributed by atoms with E-state index in [-0.39, 0.29) is 28.9 Å². The Kier molecular flexibility index (Phi) is 9.37. The highest BCUT2D eigenvalue weighted by molar-refractivity contribution is 5.40. The summed E-state index contributed by atoms with van der Waals surface area (Å²) in [5.41, 5.74) is 4.30. The Balaban J connectivity index is 2.22. The standard InChI is InChI=1S/C29H43NO5/c1-11-18(4)24-23(21(7)27(32)29(24,8)33)19(5)15-17(3)14-16(2)12-13-22-20(6)25(31)26(34-9)28(30-22)35-10/h11-12,15,21,23-24,27,32-33H,3,13-14H2,1-2,4-10H3,(H,30,31). The van der Waals surface area contributed by atoms with Crippen molar-refractivity contribution in [3.63, 3.8) is 0 Å². The van der Waals surface area contributed by atoms with E-state index < -0.39 is 11.7 Å². The fourth-order valence-corrected chi connectivity index (χ4v) is 5.59. The molecule has 1 aromatic rings. The fourth-order valence-electron chi connectivity index (χ4n) is 5.59. The van der Waals surface area contributed by atoms with Gasteiger partial charge in [0.15, 0.2) is 0 Å². The molecule has 1 aliphatic rings. The molecular formula is C29H43NO5. The van der Waals surface area contributed by atoms with E-state index in [0.29, 0.717) is 24.3 Å². The van der Waals surface area contributed by atoms with Gasteiger partial charge in [-0.25, -0.2) is 0 Å². The molecule has 1 saturated carbocycles. The van der Waals surface area contributed by atoms with E-state index in [1.807, 2.05) is 33.8 Å². The molecule has 0 bridgehead atoms. The summed E-state index contributed by atoms with van der Waals surface area (Å²) in [6.07, 6.45) is 6.63. The molecule has 35 heavy (non-hydrogen) atoms. The minimum Gasteiger partial charge on any atom is -0.488 e. The molecule has 5 unspecified atom stereocenters. The van der Waals surface area contributed by atoms with Crippen LogP contribution in [0, 0.1) is 24.7 Å². The van der Waals surface area contributed by atoms with Gasteiger partial charge >= 0.3 is 0 Å². The molecule has 0 amide bonds. The predicted octanol–water partition coefficient (Wildman–Crippen LogP) is 5.04. The second-order valence-electron chi connectivity index (χ2n) is 10.2. The molecule has 5 atom stereocenters. The maximum absolute atomic E-state index is 12.6. The van der Waals surface area contributed by atoms with Crippen LogP contribution in [0.25, 0.3) is 0 Å². The first-order chi connectivity index (χ1) is 16.3. The van der Waals surface area contributed by atoms with Crippen LogP contribution < -0.4 is 14.9 Å². The normalized spacial score (nSPS) is 27.8. The van der Waals surface area contributed by atoms with Gasteiger partial charge in [0, 0.05) is 23.6 Å². The summed E-state index contributed by atoms with van der Waals surface area (Å²) in [5.74, 6) is 0.303. The first-order valence-electron chi connectivity index (χ1n) is 12.2. The minimum absolute atomic E-state index is 0.0247. The van der Waals surface area contributed by atoms with Gasteiger partial charge in [-0.05, 0) is 59.8 Å². The van der Waals surface area contributed by atoms with E-state index in [4.69, 9.17) is 9.47 Å². The van der Waals surface area contributed by atoms with Crippen LogP contribution in [0.5, 0.6) is 11.6 Å². The van der Waals surface area contributed by atoms with E-state index in [1.165, 1.54) is 14.2 Å². The number of aromatic amines is 1. The highest BCUT2D eigenvalue weighted by atomic mass is 16.5. The van der Waals surface area contributed by atoms with Gasteiger partial charge in [0.2, 0.25) is 17.1 Å². The number of allylic oxidation sites excluding steroid dienone is 6. The molecule has 0 saturated heterocycles. The van der Waals surface area contributed by atoms with Crippen molar-refractivity contribution < 1.29 is 19.7 Å². The average Bonchev–Trinajstić information content (AvgIpc) is 2.98. The number of aromatic nitrogens is 1. The van der Waals surface area contributed by atoms with E-state index in [1.54, 1.807) is 13.8 Å². The van der Waals surface area contributed by atoms with Crippen LogP contribution in [0.1, 0.15) is 59.2 Å². The summed E-state index contributed by atoms with van der Waals surface area (Å²) in [4.78, 5) is 15.7. The van der Waals surface area contributed by atoms with Crippen molar-refractivity contribution in [3.8, 4) is 11.6 Å². The molecule has 6 heteroatoms. The van der Waals surface area contributed by atoms with Crippen molar-refractivity contribution in [3.05, 3.63) is 68.6 Å². The van der Waals surface area contributed by atoms with Crippen molar-refractivity contribution in [1.29, 1.82) is 0 Å². The van der Waals surface area contributed by atoms with Crippen molar-refractivity contribution in [1.82, 2.24) is 4.98 Å². The third-order valence-electron chi connectivity index (χ3n) is 7.59. The smallest absolute Gasteiger partial charge is 0.238 e. The monoisotopic (exact) mass is 485 g/mol. The lowest BCUT2D eigenvalue weighted by Crippen LogP contribution is -2.42. The molecule has 3 N–H and O–H groups in total. The van der Waals surface area contributed by atoms with Gasteiger partial charge in [0.1, 0.15) is 0 Å². The number of hydrogen-bond donors (Lipinski definition) is 3. The minimum atomic E-state index is -1.18. The molecule has 2 rings (SSSR count). The summed E-state index contributed by atoms with van der Waals surface area (Å²) in [5, 5.41) is 21.8. The van der Waals surface area contributed by atoms with Crippen molar-refractivity contribution in [2.24, 2.45) is 17.8 Å². The van der Waals surface area contributed by atoms with Crippen LogP contribution in [-0.4, -0.2) is 41.1 Å². The number of nitrogens with one attached hydrogen (secondary N) is 1. The van der Waals surface area contributed by atoms with E-state index in [9.17, 15) is 15.0 Å². The number of aliphatic hydroxyl groups is 2. The maximum Gasteiger partial charge on any atom is 0.238 e. The topological polar surface area (TPSA) is 91.8 Å². The lowest BCUT2D eigenvalue weighted by molar-refractivity contribution is -0.0686. The Labute approximate surface area is 210 Å². The number of rotatable bonds is 9. The number of aliphatic hydroxyl groups excluding tert-OH is 1. The molecule has 1 aliphatic carbocycles. The van der Waals surface area contributed by atoms with Gasteiger partial charge in [-0.1, -0.05) is 54.0 Å². The van der Waals surface area contributed by atoms with E-state index >= 15 is 0 Å². The Bertz CT molecular complexity index is 1090. The summed E-state index contributed by atoms with van der Waals surface area (Å²) in [7, 11) is 2.95. The highest BCUT2D eigenvalue weighted by Gasteiger charge is 2.55. The van der Waals surface area contributed by atoms with Crippen LogP contribution in [-0.2, 0) is 6.42 Å². The molecule has 1 fully saturated rings. The van der Waals surface area contributed by atoms with Crippen molar-refractivity contribution >= 4 is 0 Å². The van der Waals surface area contributed by atoms with E-state index in [2.05, 4.69) is 30.6 Å². The number of H-pyrrole nitrogens is 1. The van der Waals surface area contributed by atoms with Gasteiger partial charge < -0.3 is 24.7 Å². The molecule has 0 radical (unpaired) electrons. The molecule has 0 aromatic carbocycles. The first kappa shape index (κ1) is 28.7. The zero-order valence-electron chi connectivity index (χ0n) is 22.8. The zero-order valence-corrected chi connectivity index (χ0v) is 22.8. The van der Waals surface area contributed by atoms with Crippen molar-refractivity contribution in [2.75, 3.05) is 14.2 Å². The Morgan fingerprint density at radius 2 is 1.83 bits per heavy atom. The Morgan fingerprint density at radius 1 is 1.20 bits per heavy atom. The van der Waals surface area contributed by atoms with Gasteiger partial charge in [0.25, 0.3) is 0 Å². The molecule has 194 valence electrons. The molecule has 1 heterocycles. The number of methoxy groups -OCH3 is 2. The van der Waals surface area contributed by atoms with Crippen LogP contribution in [0.3, 0.4) is 0 Å². The third-order valence-corrected chi connectivity index (χ3v) is 7.59. The number of ether oxygens (including phenoxy) is 2. The predicted molar refractivity (Wildman–Crippen MR) is 142 cm³/mol. The first-order valence-corrected chi connectivity index (χ1v) is 12.2. The Morgan fingerprint density at radius 3 is 2.37 bits per heavy atom. The molecular weight excluding hydrogens is 442 g/mol. The van der Waals surface area contributed by atoms with Gasteiger partial charge in [-0.15, -0.1) is 0 Å². The highest BCUT2D eigenvalue weighted by Crippen LogP contribution is 2.50. The van der Waals surface area contributed by atoms with Crippen LogP contribution in [0.4, 0.5) is 0 Å². The van der Waals surface area contributed by atoms with Crippen molar-refractivity contribution in [2.45, 2.75) is 73.0 Å². The average molecular weight is 486 g/mol. The lowest BCUT2D eigenvalue weighted by atomic mass is 9.76. The van der Waals surface area contributed by atoms with Crippen LogP contribution in [0.15, 0.2) is 51.9 Å².